The van der Waals surface area contributed by atoms with E-state index in [9.17, 15) is 0 Å². The fraction of sp³-hybridized carbons (Fsp3) is 0.500. The molecular formula is C14H23N3. The number of pyridine rings is 1. The lowest BCUT2D eigenvalue weighted by Gasteiger charge is -2.22. The number of nitrogens with zero attached hydrogens (tertiary/aromatic N) is 2. The molecule has 1 aromatic rings. The van der Waals surface area contributed by atoms with Gasteiger partial charge in [0.2, 0.25) is 0 Å². The summed E-state index contributed by atoms with van der Waals surface area (Å²) >= 11 is 0. The van der Waals surface area contributed by atoms with Gasteiger partial charge in [-0.15, -0.1) is 6.58 Å². The molecule has 3 nitrogen and oxygen atoms in total. The van der Waals surface area contributed by atoms with Crippen molar-refractivity contribution in [3.8, 4) is 0 Å². The topological polar surface area (TPSA) is 28.2 Å². The van der Waals surface area contributed by atoms with Gasteiger partial charge in [-0.3, -0.25) is 0 Å². The minimum Gasteiger partial charge on any atom is -0.353 e. The predicted molar refractivity (Wildman–Crippen MR) is 74.4 cm³/mol. The minimum absolute atomic E-state index is 0.351. The summed E-state index contributed by atoms with van der Waals surface area (Å²) < 4.78 is 0. The van der Waals surface area contributed by atoms with Crippen molar-refractivity contribution in [2.45, 2.75) is 26.3 Å². The number of aromatic nitrogens is 1. The smallest absolute Gasteiger partial charge is 0.129 e. The Labute approximate surface area is 105 Å². The van der Waals surface area contributed by atoms with Crippen LogP contribution in [-0.2, 0) is 0 Å². The van der Waals surface area contributed by atoms with Crippen molar-refractivity contribution in [2.75, 3.05) is 25.0 Å². The molecule has 3 heteroatoms. The molecule has 94 valence electrons. The first kappa shape index (κ1) is 13.7. The molecule has 0 bridgehead atoms. The molecule has 0 saturated heterocycles. The lowest BCUT2D eigenvalue weighted by Crippen LogP contribution is -2.25. The Balaban J connectivity index is 2.90. The second-order valence-corrected chi connectivity index (χ2v) is 4.19. The first-order valence-electron chi connectivity index (χ1n) is 6.22. The van der Waals surface area contributed by atoms with Gasteiger partial charge in [-0.1, -0.05) is 13.0 Å². The van der Waals surface area contributed by atoms with E-state index in [1.54, 1.807) is 0 Å². The van der Waals surface area contributed by atoms with Crippen molar-refractivity contribution in [3.63, 3.8) is 0 Å². The molecule has 0 amide bonds. The van der Waals surface area contributed by atoms with Gasteiger partial charge in [0.25, 0.3) is 0 Å². The van der Waals surface area contributed by atoms with Crippen LogP contribution in [0.25, 0.3) is 0 Å². The highest BCUT2D eigenvalue weighted by Crippen LogP contribution is 2.18. The van der Waals surface area contributed by atoms with E-state index in [0.29, 0.717) is 6.04 Å². The van der Waals surface area contributed by atoms with Crippen molar-refractivity contribution in [3.05, 3.63) is 36.5 Å². The van der Waals surface area contributed by atoms with Crippen LogP contribution in [0.2, 0.25) is 0 Å². The lowest BCUT2D eigenvalue weighted by atomic mass is 10.1. The Kier molecular flexibility index (Phi) is 5.70. The second-order valence-electron chi connectivity index (χ2n) is 4.19. The highest BCUT2D eigenvalue weighted by Gasteiger charge is 2.08. The van der Waals surface area contributed by atoms with Crippen LogP contribution < -0.4 is 10.2 Å². The lowest BCUT2D eigenvalue weighted by molar-refractivity contribution is 0.650. The zero-order valence-electron chi connectivity index (χ0n) is 11.1. The Morgan fingerprint density at radius 1 is 1.59 bits per heavy atom. The van der Waals surface area contributed by atoms with E-state index in [1.807, 2.05) is 19.3 Å². The summed E-state index contributed by atoms with van der Waals surface area (Å²) in [7, 11) is 1.97. The monoisotopic (exact) mass is 233 g/mol. The predicted octanol–water partition coefficient (Wildman–Crippen LogP) is 2.76. The maximum atomic E-state index is 4.44. The first-order valence-corrected chi connectivity index (χ1v) is 6.22. The molecule has 1 aromatic heterocycles. The largest absolute Gasteiger partial charge is 0.353 e. The van der Waals surface area contributed by atoms with E-state index in [1.165, 1.54) is 5.56 Å². The van der Waals surface area contributed by atoms with E-state index in [4.69, 9.17) is 0 Å². The van der Waals surface area contributed by atoms with Gasteiger partial charge < -0.3 is 10.2 Å². The highest BCUT2D eigenvalue weighted by atomic mass is 15.2. The molecule has 0 aliphatic heterocycles. The molecule has 0 aliphatic rings. The molecule has 0 aliphatic carbocycles. The average Bonchev–Trinajstić information content (AvgIpc) is 2.37. The van der Waals surface area contributed by atoms with Crippen LogP contribution in [0, 0.1) is 0 Å². The number of hydrogen-bond acceptors (Lipinski definition) is 3. The molecule has 0 radical (unpaired) electrons. The molecule has 1 atom stereocenters. The summed E-state index contributed by atoms with van der Waals surface area (Å²) in [6.45, 7) is 9.98. The SMILES string of the molecule is C=CCN(CCC)c1cc(C(C)NC)ccn1. The van der Waals surface area contributed by atoms with Gasteiger partial charge in [0, 0.05) is 25.3 Å². The van der Waals surface area contributed by atoms with Crippen molar-refractivity contribution < 1.29 is 0 Å². The summed E-state index contributed by atoms with van der Waals surface area (Å²) in [6, 6.07) is 4.56. The summed E-state index contributed by atoms with van der Waals surface area (Å²) in [5.74, 6) is 1.03. The molecule has 0 fully saturated rings. The van der Waals surface area contributed by atoms with Crippen LogP contribution >= 0.6 is 0 Å². The van der Waals surface area contributed by atoms with Gasteiger partial charge in [0.05, 0.1) is 0 Å². The van der Waals surface area contributed by atoms with Gasteiger partial charge in [0.1, 0.15) is 5.82 Å². The molecule has 0 saturated carbocycles. The normalized spacial score (nSPS) is 12.2. The fourth-order valence-electron chi connectivity index (χ4n) is 1.77. The minimum atomic E-state index is 0.351. The zero-order chi connectivity index (χ0) is 12.7. The van der Waals surface area contributed by atoms with E-state index in [-0.39, 0.29) is 0 Å². The van der Waals surface area contributed by atoms with Gasteiger partial charge in [-0.05, 0) is 38.1 Å². The van der Waals surface area contributed by atoms with Gasteiger partial charge in [0.15, 0.2) is 0 Å². The molecule has 17 heavy (non-hydrogen) atoms. The van der Waals surface area contributed by atoms with E-state index >= 15 is 0 Å². The highest BCUT2D eigenvalue weighted by molar-refractivity contribution is 5.42. The molecular weight excluding hydrogens is 210 g/mol. The van der Waals surface area contributed by atoms with Crippen LogP contribution in [0.4, 0.5) is 5.82 Å². The average molecular weight is 233 g/mol. The number of nitrogens with one attached hydrogen (secondary N) is 1. The summed E-state index contributed by atoms with van der Waals surface area (Å²) in [6.07, 6.45) is 4.91. The Hall–Kier alpha value is -1.35. The molecule has 1 N–H and O–H groups in total. The Morgan fingerprint density at radius 3 is 2.94 bits per heavy atom. The zero-order valence-corrected chi connectivity index (χ0v) is 11.1. The third kappa shape index (κ3) is 3.86. The molecule has 0 spiro atoms. The Bertz CT molecular complexity index is 349. The maximum absolute atomic E-state index is 4.44. The molecule has 1 rings (SSSR count). The van der Waals surface area contributed by atoms with Crippen molar-refractivity contribution in [1.82, 2.24) is 10.3 Å². The van der Waals surface area contributed by atoms with Crippen LogP contribution in [0.1, 0.15) is 31.9 Å². The number of hydrogen-bond donors (Lipinski definition) is 1. The molecule has 0 aromatic carbocycles. The maximum Gasteiger partial charge on any atom is 0.129 e. The quantitative estimate of drug-likeness (QED) is 0.734. The number of rotatable bonds is 7. The van der Waals surface area contributed by atoms with Crippen molar-refractivity contribution in [1.29, 1.82) is 0 Å². The number of anilines is 1. The van der Waals surface area contributed by atoms with Crippen molar-refractivity contribution >= 4 is 5.82 Å². The van der Waals surface area contributed by atoms with Crippen LogP contribution in [0.15, 0.2) is 31.0 Å². The van der Waals surface area contributed by atoms with E-state index in [2.05, 4.69) is 47.8 Å². The van der Waals surface area contributed by atoms with Gasteiger partial charge in [-0.2, -0.15) is 0 Å². The van der Waals surface area contributed by atoms with Crippen LogP contribution in [0.3, 0.4) is 0 Å². The molecule has 1 heterocycles. The van der Waals surface area contributed by atoms with E-state index in [0.717, 1.165) is 25.3 Å². The summed E-state index contributed by atoms with van der Waals surface area (Å²) in [4.78, 5) is 6.69. The summed E-state index contributed by atoms with van der Waals surface area (Å²) in [5, 5.41) is 3.24. The van der Waals surface area contributed by atoms with E-state index < -0.39 is 0 Å². The first-order chi connectivity index (χ1) is 8.22. The van der Waals surface area contributed by atoms with Crippen molar-refractivity contribution in [2.24, 2.45) is 0 Å². The summed E-state index contributed by atoms with van der Waals surface area (Å²) in [5.41, 5.74) is 1.27. The second kappa shape index (κ2) is 7.07. The van der Waals surface area contributed by atoms with Gasteiger partial charge in [-0.25, -0.2) is 4.98 Å². The molecule has 1 unspecified atom stereocenters. The standard InChI is InChI=1S/C14H23N3/c1-5-9-17(10-6-2)14-11-13(7-8-16-14)12(3)15-4/h5,7-8,11-12,15H,1,6,9-10H2,2-4H3. The van der Waals surface area contributed by atoms with Gasteiger partial charge >= 0.3 is 0 Å². The third-order valence-corrected chi connectivity index (χ3v) is 2.87. The Morgan fingerprint density at radius 2 is 2.35 bits per heavy atom. The fourth-order valence-corrected chi connectivity index (χ4v) is 1.77. The van der Waals surface area contributed by atoms with Crippen LogP contribution in [0.5, 0.6) is 0 Å². The van der Waals surface area contributed by atoms with Crippen LogP contribution in [-0.4, -0.2) is 25.1 Å². The third-order valence-electron chi connectivity index (χ3n) is 2.87.